The zero-order valence-electron chi connectivity index (χ0n) is 13.8. The summed E-state index contributed by atoms with van der Waals surface area (Å²) in [5, 5.41) is 4.66. The van der Waals surface area contributed by atoms with E-state index < -0.39 is 0 Å². The Morgan fingerprint density at radius 2 is 2.09 bits per heavy atom. The van der Waals surface area contributed by atoms with Crippen molar-refractivity contribution < 1.29 is 4.74 Å². The molecule has 0 unspecified atom stereocenters. The molecule has 0 amide bonds. The van der Waals surface area contributed by atoms with Gasteiger partial charge in [0.15, 0.2) is 0 Å². The van der Waals surface area contributed by atoms with Gasteiger partial charge in [-0.25, -0.2) is 4.98 Å². The van der Waals surface area contributed by atoms with Gasteiger partial charge >= 0.3 is 0 Å². The molecular weight excluding hydrogens is 294 g/mol. The number of rotatable bonds is 8. The van der Waals surface area contributed by atoms with Gasteiger partial charge in [-0.1, -0.05) is 6.07 Å². The van der Waals surface area contributed by atoms with E-state index in [0.717, 1.165) is 37.5 Å². The van der Waals surface area contributed by atoms with Gasteiger partial charge in [-0.05, 0) is 37.4 Å². The van der Waals surface area contributed by atoms with Gasteiger partial charge in [0.1, 0.15) is 5.82 Å². The summed E-state index contributed by atoms with van der Waals surface area (Å²) in [6, 6.07) is 8.70. The van der Waals surface area contributed by atoms with Crippen LogP contribution in [0.15, 0.2) is 29.2 Å². The first kappa shape index (κ1) is 17.1. The maximum atomic E-state index is 5.07. The topological polar surface area (TPSA) is 37.4 Å². The third kappa shape index (κ3) is 4.35. The van der Waals surface area contributed by atoms with E-state index in [1.165, 1.54) is 15.8 Å². The summed E-state index contributed by atoms with van der Waals surface area (Å²) in [5.41, 5.74) is 2.28. The van der Waals surface area contributed by atoms with Crippen LogP contribution in [0.1, 0.15) is 12.0 Å². The van der Waals surface area contributed by atoms with Crippen molar-refractivity contribution in [3.8, 4) is 0 Å². The van der Waals surface area contributed by atoms with Crippen molar-refractivity contribution in [2.75, 3.05) is 45.5 Å². The molecule has 5 heteroatoms. The molecule has 0 atom stereocenters. The predicted octanol–water partition coefficient (Wildman–Crippen LogP) is 3.15. The van der Waals surface area contributed by atoms with Gasteiger partial charge in [0, 0.05) is 50.2 Å². The van der Waals surface area contributed by atoms with Crippen LogP contribution in [0.4, 0.5) is 5.82 Å². The van der Waals surface area contributed by atoms with Crippen LogP contribution in [-0.2, 0) is 11.3 Å². The minimum atomic E-state index is 0.793. The van der Waals surface area contributed by atoms with E-state index >= 15 is 0 Å². The van der Waals surface area contributed by atoms with Gasteiger partial charge in [-0.2, -0.15) is 0 Å². The Morgan fingerprint density at radius 1 is 1.27 bits per heavy atom. The lowest BCUT2D eigenvalue weighted by Crippen LogP contribution is -2.20. The third-order valence-electron chi connectivity index (χ3n) is 3.52. The summed E-state index contributed by atoms with van der Waals surface area (Å²) in [5.74, 6) is 1.03. The van der Waals surface area contributed by atoms with Crippen LogP contribution < -0.4 is 10.2 Å². The molecular formula is C17H25N3OS. The number of ether oxygens (including phenoxy) is 1. The van der Waals surface area contributed by atoms with Gasteiger partial charge in [0.25, 0.3) is 0 Å². The van der Waals surface area contributed by atoms with E-state index in [4.69, 9.17) is 9.72 Å². The molecule has 1 heterocycles. The summed E-state index contributed by atoms with van der Waals surface area (Å²) in [6.07, 6.45) is 3.11. The van der Waals surface area contributed by atoms with E-state index in [0.29, 0.717) is 0 Å². The summed E-state index contributed by atoms with van der Waals surface area (Å²) in [6.45, 7) is 2.57. The number of benzene rings is 1. The Kier molecular flexibility index (Phi) is 6.49. The van der Waals surface area contributed by atoms with Crippen molar-refractivity contribution >= 4 is 28.5 Å². The molecule has 0 saturated heterocycles. The lowest BCUT2D eigenvalue weighted by molar-refractivity contribution is 0.194. The summed E-state index contributed by atoms with van der Waals surface area (Å²) in [4.78, 5) is 8.17. The zero-order valence-corrected chi connectivity index (χ0v) is 14.7. The molecule has 0 spiro atoms. The molecule has 2 rings (SSSR count). The van der Waals surface area contributed by atoms with E-state index in [9.17, 15) is 0 Å². The van der Waals surface area contributed by atoms with E-state index in [1.807, 2.05) is 14.1 Å². The number of pyridine rings is 1. The molecule has 0 radical (unpaired) electrons. The number of hydrogen-bond donors (Lipinski definition) is 1. The maximum Gasteiger partial charge on any atom is 0.133 e. The van der Waals surface area contributed by atoms with Crippen LogP contribution in [0.3, 0.4) is 0 Å². The van der Waals surface area contributed by atoms with Gasteiger partial charge < -0.3 is 15.0 Å². The molecule has 1 aromatic carbocycles. The Morgan fingerprint density at radius 3 is 2.77 bits per heavy atom. The third-order valence-corrected chi connectivity index (χ3v) is 4.25. The predicted molar refractivity (Wildman–Crippen MR) is 96.1 cm³/mol. The summed E-state index contributed by atoms with van der Waals surface area (Å²) in [7, 11) is 5.82. The second-order valence-corrected chi connectivity index (χ2v) is 6.33. The number of fused-ring (bicyclic) bond motifs is 1. The number of hydrogen-bond acceptors (Lipinski definition) is 5. The highest BCUT2D eigenvalue weighted by Crippen LogP contribution is 2.26. The van der Waals surface area contributed by atoms with Crippen molar-refractivity contribution in [1.82, 2.24) is 10.3 Å². The van der Waals surface area contributed by atoms with Gasteiger partial charge in [-0.15, -0.1) is 11.8 Å². The van der Waals surface area contributed by atoms with Crippen LogP contribution in [-0.4, -0.2) is 45.6 Å². The quantitative estimate of drug-likeness (QED) is 0.597. The molecule has 1 N–H and O–H groups in total. The zero-order chi connectivity index (χ0) is 15.9. The summed E-state index contributed by atoms with van der Waals surface area (Å²) >= 11 is 1.75. The van der Waals surface area contributed by atoms with Crippen LogP contribution in [0, 0.1) is 0 Å². The van der Waals surface area contributed by atoms with Gasteiger partial charge in [0.2, 0.25) is 0 Å². The molecule has 0 bridgehead atoms. The second kappa shape index (κ2) is 8.36. The summed E-state index contributed by atoms with van der Waals surface area (Å²) < 4.78 is 5.07. The Labute approximate surface area is 137 Å². The van der Waals surface area contributed by atoms with Gasteiger partial charge in [0.05, 0.1) is 5.52 Å². The lowest BCUT2D eigenvalue weighted by atomic mass is 10.1. The average Bonchev–Trinajstić information content (AvgIpc) is 2.53. The lowest BCUT2D eigenvalue weighted by Gasteiger charge is -2.18. The second-order valence-electron chi connectivity index (χ2n) is 5.45. The molecule has 1 aromatic heterocycles. The van der Waals surface area contributed by atoms with Crippen molar-refractivity contribution in [3.63, 3.8) is 0 Å². The highest BCUT2D eigenvalue weighted by molar-refractivity contribution is 7.98. The van der Waals surface area contributed by atoms with Crippen LogP contribution in [0.5, 0.6) is 0 Å². The van der Waals surface area contributed by atoms with Crippen molar-refractivity contribution in [2.45, 2.75) is 17.9 Å². The van der Waals surface area contributed by atoms with Crippen molar-refractivity contribution in [1.29, 1.82) is 0 Å². The number of methoxy groups -OCH3 is 1. The number of anilines is 1. The highest BCUT2D eigenvalue weighted by Gasteiger charge is 2.09. The number of nitrogens with zero attached hydrogens (tertiary/aromatic N) is 2. The minimum absolute atomic E-state index is 0.793. The average molecular weight is 319 g/mol. The first-order valence-electron chi connectivity index (χ1n) is 7.50. The van der Waals surface area contributed by atoms with E-state index in [1.54, 1.807) is 18.9 Å². The Hall–Kier alpha value is -1.30. The Balaban J connectivity index is 2.22. The molecule has 0 saturated carbocycles. The van der Waals surface area contributed by atoms with E-state index in [-0.39, 0.29) is 0 Å². The van der Waals surface area contributed by atoms with Crippen molar-refractivity contribution in [3.05, 3.63) is 29.8 Å². The fourth-order valence-electron chi connectivity index (χ4n) is 2.39. The molecule has 22 heavy (non-hydrogen) atoms. The minimum Gasteiger partial charge on any atom is -0.385 e. The normalized spacial score (nSPS) is 11.1. The first-order chi connectivity index (χ1) is 10.7. The standard InChI is InChI=1S/C17H25N3OS/c1-20(2)17-14(12-18-8-5-9-21-3)10-13-6-7-15(22-4)11-16(13)19-17/h6-7,10-11,18H,5,8-9,12H2,1-4H3. The first-order valence-corrected chi connectivity index (χ1v) is 8.73. The smallest absolute Gasteiger partial charge is 0.133 e. The number of nitrogens with one attached hydrogen (secondary N) is 1. The number of thioether (sulfide) groups is 1. The largest absolute Gasteiger partial charge is 0.385 e. The van der Waals surface area contributed by atoms with E-state index in [2.05, 4.69) is 40.7 Å². The fourth-order valence-corrected chi connectivity index (χ4v) is 2.82. The molecule has 0 fully saturated rings. The van der Waals surface area contributed by atoms with Crippen molar-refractivity contribution in [2.24, 2.45) is 0 Å². The molecule has 2 aromatic rings. The Bertz CT molecular complexity index is 616. The molecule has 4 nitrogen and oxygen atoms in total. The van der Waals surface area contributed by atoms with Crippen LogP contribution in [0.2, 0.25) is 0 Å². The van der Waals surface area contributed by atoms with Crippen LogP contribution in [0.25, 0.3) is 10.9 Å². The molecule has 0 aliphatic carbocycles. The van der Waals surface area contributed by atoms with Crippen LogP contribution >= 0.6 is 11.8 Å². The highest BCUT2D eigenvalue weighted by atomic mass is 32.2. The SMILES string of the molecule is COCCCNCc1cc2ccc(SC)cc2nc1N(C)C. The molecule has 0 aliphatic heterocycles. The molecule has 0 aliphatic rings. The fraction of sp³-hybridized carbons (Fsp3) is 0.471. The monoisotopic (exact) mass is 319 g/mol. The maximum absolute atomic E-state index is 5.07. The molecule has 120 valence electrons. The number of aromatic nitrogens is 1. The van der Waals surface area contributed by atoms with Gasteiger partial charge in [-0.3, -0.25) is 0 Å².